The Labute approximate surface area is 131 Å². The highest BCUT2D eigenvalue weighted by Crippen LogP contribution is 2.31. The Hall–Kier alpha value is -1.86. The number of hydrogen-bond donors (Lipinski definition) is 0. The number of thioether (sulfide) groups is 1. The van der Waals surface area contributed by atoms with Gasteiger partial charge >= 0.3 is 5.97 Å². The van der Waals surface area contributed by atoms with Gasteiger partial charge in [0.1, 0.15) is 10.1 Å². The fraction of sp³-hybridized carbons (Fsp3) is 0.214. The van der Waals surface area contributed by atoms with E-state index in [1.54, 1.807) is 37.4 Å². The van der Waals surface area contributed by atoms with Crippen molar-refractivity contribution in [3.05, 3.63) is 34.7 Å². The standard InChI is InChI=1S/C14H13NO4S2/c1-15-13(17)11(21-14(15)20)7-9-3-5-10(6-4-9)19-8-12(16)18-2/h3-7H,8H2,1-2H3/b11-7+. The minimum atomic E-state index is -0.439. The number of methoxy groups -OCH3 is 1. The summed E-state index contributed by atoms with van der Waals surface area (Å²) in [7, 11) is 2.96. The largest absolute Gasteiger partial charge is 0.482 e. The zero-order valence-corrected chi connectivity index (χ0v) is 13.1. The van der Waals surface area contributed by atoms with Gasteiger partial charge < -0.3 is 9.47 Å². The topological polar surface area (TPSA) is 55.8 Å². The third-order valence-corrected chi connectivity index (χ3v) is 4.23. The summed E-state index contributed by atoms with van der Waals surface area (Å²) in [6.07, 6.45) is 1.77. The number of likely N-dealkylation sites (N-methyl/N-ethyl adjacent to an activating group) is 1. The fourth-order valence-electron chi connectivity index (χ4n) is 1.56. The van der Waals surface area contributed by atoms with Gasteiger partial charge in [-0.25, -0.2) is 4.79 Å². The molecule has 1 amide bonds. The highest BCUT2D eigenvalue weighted by atomic mass is 32.2. The van der Waals surface area contributed by atoms with Crippen LogP contribution in [0.4, 0.5) is 0 Å². The minimum absolute atomic E-state index is 0.101. The highest BCUT2D eigenvalue weighted by molar-refractivity contribution is 8.26. The van der Waals surface area contributed by atoms with Crippen molar-refractivity contribution in [1.29, 1.82) is 0 Å². The third-order valence-electron chi connectivity index (χ3n) is 2.75. The Morgan fingerprint density at radius 1 is 1.38 bits per heavy atom. The number of amides is 1. The molecule has 1 heterocycles. The number of nitrogens with zero attached hydrogens (tertiary/aromatic N) is 1. The molecule has 110 valence electrons. The molecule has 7 heteroatoms. The number of carbonyl (C=O) groups excluding carboxylic acids is 2. The van der Waals surface area contributed by atoms with E-state index in [2.05, 4.69) is 4.74 Å². The van der Waals surface area contributed by atoms with Gasteiger partial charge in [0.2, 0.25) is 0 Å². The van der Waals surface area contributed by atoms with E-state index < -0.39 is 5.97 Å². The van der Waals surface area contributed by atoms with E-state index in [4.69, 9.17) is 17.0 Å². The SMILES string of the molecule is COC(=O)COc1ccc(/C=C2/SC(=S)N(C)C2=O)cc1. The lowest BCUT2D eigenvalue weighted by Gasteiger charge is -2.05. The number of carbonyl (C=O) groups is 2. The zero-order chi connectivity index (χ0) is 15.4. The van der Waals surface area contributed by atoms with Crippen molar-refractivity contribution in [2.24, 2.45) is 0 Å². The summed E-state index contributed by atoms with van der Waals surface area (Å²) in [6.45, 7) is -0.135. The van der Waals surface area contributed by atoms with Crippen molar-refractivity contribution in [3.8, 4) is 5.75 Å². The van der Waals surface area contributed by atoms with Crippen LogP contribution in [0.5, 0.6) is 5.75 Å². The molecule has 1 aliphatic rings. The van der Waals surface area contributed by atoms with E-state index >= 15 is 0 Å². The molecular formula is C14H13NO4S2. The normalized spacial score (nSPS) is 16.5. The van der Waals surface area contributed by atoms with Crippen LogP contribution in [0.2, 0.25) is 0 Å². The molecule has 21 heavy (non-hydrogen) atoms. The van der Waals surface area contributed by atoms with Crippen molar-refractivity contribution in [1.82, 2.24) is 4.90 Å². The van der Waals surface area contributed by atoms with Crippen molar-refractivity contribution in [2.75, 3.05) is 20.8 Å². The molecule has 1 fully saturated rings. The maximum atomic E-state index is 11.9. The molecule has 0 radical (unpaired) electrons. The van der Waals surface area contributed by atoms with Crippen LogP contribution in [0.3, 0.4) is 0 Å². The molecule has 0 atom stereocenters. The van der Waals surface area contributed by atoms with Gasteiger partial charge in [-0.15, -0.1) is 0 Å². The second-order valence-electron chi connectivity index (χ2n) is 4.17. The van der Waals surface area contributed by atoms with E-state index in [9.17, 15) is 9.59 Å². The molecule has 0 unspecified atom stereocenters. The summed E-state index contributed by atoms with van der Waals surface area (Å²) in [5, 5.41) is 0. The van der Waals surface area contributed by atoms with Crippen molar-refractivity contribution in [2.45, 2.75) is 0 Å². The van der Waals surface area contributed by atoms with Gasteiger partial charge in [-0.3, -0.25) is 9.69 Å². The van der Waals surface area contributed by atoms with E-state index in [0.29, 0.717) is 15.0 Å². The molecule has 0 aromatic heterocycles. The van der Waals surface area contributed by atoms with Crippen LogP contribution >= 0.6 is 24.0 Å². The van der Waals surface area contributed by atoms with Crippen molar-refractivity contribution >= 4 is 46.3 Å². The van der Waals surface area contributed by atoms with Gasteiger partial charge in [-0.05, 0) is 23.8 Å². The van der Waals surface area contributed by atoms with Crippen LogP contribution in [0.15, 0.2) is 29.2 Å². The lowest BCUT2D eigenvalue weighted by atomic mass is 10.2. The van der Waals surface area contributed by atoms with E-state index in [0.717, 1.165) is 5.56 Å². The maximum absolute atomic E-state index is 11.9. The summed E-state index contributed by atoms with van der Waals surface area (Å²) in [5.41, 5.74) is 0.856. The van der Waals surface area contributed by atoms with Crippen LogP contribution in [0.25, 0.3) is 6.08 Å². The molecule has 1 aromatic carbocycles. The van der Waals surface area contributed by atoms with E-state index in [1.807, 2.05) is 0 Å². The number of rotatable bonds is 4. The lowest BCUT2D eigenvalue weighted by molar-refractivity contribution is -0.142. The first-order valence-electron chi connectivity index (χ1n) is 6.02. The van der Waals surface area contributed by atoms with Gasteiger partial charge in [0.25, 0.3) is 5.91 Å². The average Bonchev–Trinajstić information content (AvgIpc) is 2.73. The number of benzene rings is 1. The Balaban J connectivity index is 2.04. The first kappa shape index (κ1) is 15.5. The van der Waals surface area contributed by atoms with Gasteiger partial charge in [-0.2, -0.15) is 0 Å². The average molecular weight is 323 g/mol. The molecular weight excluding hydrogens is 310 g/mol. The maximum Gasteiger partial charge on any atom is 0.343 e. The smallest absolute Gasteiger partial charge is 0.343 e. The molecule has 0 N–H and O–H groups in total. The first-order valence-corrected chi connectivity index (χ1v) is 7.25. The Kier molecular flexibility index (Phi) is 4.98. The van der Waals surface area contributed by atoms with Crippen molar-refractivity contribution < 1.29 is 19.1 Å². The van der Waals surface area contributed by atoms with Crippen LogP contribution in [-0.2, 0) is 14.3 Å². The molecule has 0 aliphatic carbocycles. The Morgan fingerprint density at radius 3 is 2.57 bits per heavy atom. The molecule has 0 spiro atoms. The molecule has 2 rings (SSSR count). The molecule has 1 aliphatic heterocycles. The highest BCUT2D eigenvalue weighted by Gasteiger charge is 2.28. The summed E-state index contributed by atoms with van der Waals surface area (Å²) in [4.78, 5) is 24.9. The summed E-state index contributed by atoms with van der Waals surface area (Å²) in [6, 6.07) is 7.05. The fourth-order valence-corrected chi connectivity index (χ4v) is 2.74. The van der Waals surface area contributed by atoms with Gasteiger partial charge in [0.15, 0.2) is 6.61 Å². The van der Waals surface area contributed by atoms with Crippen LogP contribution in [0, 0.1) is 0 Å². The Bertz CT molecular complexity index is 610. The molecule has 0 bridgehead atoms. The molecule has 0 saturated carbocycles. The zero-order valence-electron chi connectivity index (χ0n) is 11.5. The predicted molar refractivity (Wildman–Crippen MR) is 84.9 cm³/mol. The molecule has 1 aromatic rings. The van der Waals surface area contributed by atoms with Crippen LogP contribution in [-0.4, -0.2) is 41.9 Å². The van der Waals surface area contributed by atoms with Gasteiger partial charge in [-0.1, -0.05) is 36.1 Å². The second-order valence-corrected chi connectivity index (χ2v) is 5.85. The third kappa shape index (κ3) is 3.83. The van der Waals surface area contributed by atoms with E-state index in [-0.39, 0.29) is 12.5 Å². The molecule has 5 nitrogen and oxygen atoms in total. The second kappa shape index (κ2) is 6.73. The lowest BCUT2D eigenvalue weighted by Crippen LogP contribution is -2.22. The van der Waals surface area contributed by atoms with Crippen LogP contribution in [0.1, 0.15) is 5.56 Å². The molecule has 1 saturated heterocycles. The summed E-state index contributed by atoms with van der Waals surface area (Å²) in [5.74, 6) is 0.0160. The Morgan fingerprint density at radius 2 is 2.05 bits per heavy atom. The minimum Gasteiger partial charge on any atom is -0.482 e. The van der Waals surface area contributed by atoms with Gasteiger partial charge in [0, 0.05) is 7.05 Å². The van der Waals surface area contributed by atoms with Crippen molar-refractivity contribution in [3.63, 3.8) is 0 Å². The van der Waals surface area contributed by atoms with E-state index in [1.165, 1.54) is 23.8 Å². The number of hydrogen-bond acceptors (Lipinski definition) is 6. The monoisotopic (exact) mass is 323 g/mol. The van der Waals surface area contributed by atoms with Crippen LogP contribution < -0.4 is 4.74 Å². The predicted octanol–water partition coefficient (Wildman–Crippen LogP) is 2.07. The number of thiocarbonyl (C=S) groups is 1. The summed E-state index contributed by atoms with van der Waals surface area (Å²) < 4.78 is 10.3. The number of esters is 1. The summed E-state index contributed by atoms with van der Waals surface area (Å²) >= 11 is 6.34. The number of ether oxygens (including phenoxy) is 2. The van der Waals surface area contributed by atoms with Gasteiger partial charge in [0.05, 0.1) is 12.0 Å². The first-order chi connectivity index (χ1) is 10.0. The quantitative estimate of drug-likeness (QED) is 0.480.